The molecule has 3 rings (SSSR count). The standard InChI is InChI=1S/C16H24N4O/c1-2-14-4-12-19(13-5-14)15(21)16(6-9-17-10-7-16)20-11-3-8-18-20/h2-3,8,11,14,17H,1,4-7,9-10,12-13H2. The van der Waals surface area contributed by atoms with E-state index in [-0.39, 0.29) is 5.91 Å². The number of carbonyl (C=O) groups is 1. The van der Waals surface area contributed by atoms with E-state index >= 15 is 0 Å². The van der Waals surface area contributed by atoms with Crippen LogP contribution in [0.4, 0.5) is 0 Å². The number of piperidine rings is 2. The summed E-state index contributed by atoms with van der Waals surface area (Å²) in [5.41, 5.74) is -0.490. The molecule has 21 heavy (non-hydrogen) atoms. The van der Waals surface area contributed by atoms with E-state index in [1.807, 2.05) is 27.9 Å². The summed E-state index contributed by atoms with van der Waals surface area (Å²) in [6, 6.07) is 1.90. The van der Waals surface area contributed by atoms with Gasteiger partial charge in [0, 0.05) is 25.5 Å². The van der Waals surface area contributed by atoms with Crippen molar-refractivity contribution in [1.82, 2.24) is 20.0 Å². The van der Waals surface area contributed by atoms with Crippen molar-refractivity contribution in [2.75, 3.05) is 26.2 Å². The van der Waals surface area contributed by atoms with Crippen LogP contribution in [0.15, 0.2) is 31.1 Å². The van der Waals surface area contributed by atoms with Crippen LogP contribution in [-0.4, -0.2) is 46.8 Å². The molecule has 3 heterocycles. The van der Waals surface area contributed by atoms with E-state index in [0.29, 0.717) is 5.92 Å². The van der Waals surface area contributed by atoms with E-state index in [9.17, 15) is 4.79 Å². The fourth-order valence-corrected chi connectivity index (χ4v) is 3.54. The van der Waals surface area contributed by atoms with Crippen LogP contribution in [0.2, 0.25) is 0 Å². The number of rotatable bonds is 3. The largest absolute Gasteiger partial charge is 0.341 e. The molecule has 5 nitrogen and oxygen atoms in total. The summed E-state index contributed by atoms with van der Waals surface area (Å²) in [6.45, 7) is 7.29. The zero-order valence-corrected chi connectivity index (χ0v) is 12.5. The molecule has 0 saturated carbocycles. The number of nitrogens with one attached hydrogen (secondary N) is 1. The van der Waals surface area contributed by atoms with Crippen molar-refractivity contribution in [3.63, 3.8) is 0 Å². The van der Waals surface area contributed by atoms with Gasteiger partial charge in [-0.25, -0.2) is 0 Å². The molecule has 2 fully saturated rings. The Labute approximate surface area is 126 Å². The average Bonchev–Trinajstić information content (AvgIpc) is 3.10. The van der Waals surface area contributed by atoms with Crippen LogP contribution >= 0.6 is 0 Å². The Morgan fingerprint density at radius 3 is 2.62 bits per heavy atom. The highest BCUT2D eigenvalue weighted by atomic mass is 16.2. The fraction of sp³-hybridized carbons (Fsp3) is 0.625. The third-order valence-corrected chi connectivity index (χ3v) is 4.93. The van der Waals surface area contributed by atoms with Crippen LogP contribution in [-0.2, 0) is 10.3 Å². The van der Waals surface area contributed by atoms with Crippen LogP contribution in [0.25, 0.3) is 0 Å². The first kappa shape index (κ1) is 14.3. The maximum absolute atomic E-state index is 13.2. The molecule has 1 aromatic heterocycles. The summed E-state index contributed by atoms with van der Waals surface area (Å²) in [7, 11) is 0. The van der Waals surface area contributed by atoms with Gasteiger partial charge >= 0.3 is 0 Å². The Hall–Kier alpha value is -1.62. The SMILES string of the molecule is C=CC1CCN(C(=O)C2(n3cccn3)CCNCC2)CC1. The van der Waals surface area contributed by atoms with Crippen molar-refractivity contribution in [3.8, 4) is 0 Å². The molecule has 0 radical (unpaired) electrons. The number of hydrogen-bond donors (Lipinski definition) is 1. The van der Waals surface area contributed by atoms with E-state index in [0.717, 1.165) is 51.9 Å². The summed E-state index contributed by atoms with van der Waals surface area (Å²) in [5, 5.41) is 7.73. The first-order valence-electron chi connectivity index (χ1n) is 7.89. The second-order valence-electron chi connectivity index (χ2n) is 6.10. The van der Waals surface area contributed by atoms with E-state index < -0.39 is 5.54 Å². The molecule has 2 saturated heterocycles. The van der Waals surface area contributed by atoms with Crippen molar-refractivity contribution in [1.29, 1.82) is 0 Å². The fourth-order valence-electron chi connectivity index (χ4n) is 3.54. The summed E-state index contributed by atoms with van der Waals surface area (Å²) in [6.07, 6.45) is 9.41. The lowest BCUT2D eigenvalue weighted by molar-refractivity contribution is -0.144. The third kappa shape index (κ3) is 2.62. The molecule has 0 aromatic carbocycles. The van der Waals surface area contributed by atoms with Crippen LogP contribution in [0, 0.1) is 5.92 Å². The lowest BCUT2D eigenvalue weighted by atomic mass is 9.85. The van der Waals surface area contributed by atoms with Gasteiger partial charge in [0.1, 0.15) is 5.54 Å². The Balaban J connectivity index is 1.80. The first-order valence-corrected chi connectivity index (χ1v) is 7.89. The number of hydrogen-bond acceptors (Lipinski definition) is 3. The van der Waals surface area contributed by atoms with Crippen molar-refractivity contribution in [2.45, 2.75) is 31.2 Å². The van der Waals surface area contributed by atoms with Gasteiger partial charge in [-0.15, -0.1) is 6.58 Å². The second-order valence-corrected chi connectivity index (χ2v) is 6.10. The maximum Gasteiger partial charge on any atom is 0.250 e. The Kier molecular flexibility index (Phi) is 4.10. The molecule has 1 amide bonds. The Bertz CT molecular complexity index is 482. The van der Waals surface area contributed by atoms with Gasteiger partial charge in [0.05, 0.1) is 0 Å². The monoisotopic (exact) mass is 288 g/mol. The summed E-state index contributed by atoms with van der Waals surface area (Å²) in [5.74, 6) is 0.804. The van der Waals surface area contributed by atoms with Crippen molar-refractivity contribution in [2.24, 2.45) is 5.92 Å². The molecule has 114 valence electrons. The minimum atomic E-state index is -0.490. The minimum absolute atomic E-state index is 0.246. The lowest BCUT2D eigenvalue weighted by Gasteiger charge is -2.42. The molecule has 0 aliphatic carbocycles. The quantitative estimate of drug-likeness (QED) is 0.855. The van der Waals surface area contributed by atoms with Crippen molar-refractivity contribution < 1.29 is 4.79 Å². The number of carbonyl (C=O) groups excluding carboxylic acids is 1. The van der Waals surface area contributed by atoms with Crippen LogP contribution in [0.3, 0.4) is 0 Å². The highest BCUT2D eigenvalue weighted by Crippen LogP contribution is 2.31. The Morgan fingerprint density at radius 2 is 2.05 bits per heavy atom. The van der Waals surface area contributed by atoms with Gasteiger partial charge in [-0.1, -0.05) is 6.08 Å². The molecule has 0 spiro atoms. The molecule has 0 unspecified atom stereocenters. The molecule has 0 bridgehead atoms. The number of amides is 1. The van der Waals surface area contributed by atoms with Gasteiger partial charge in [-0.2, -0.15) is 5.10 Å². The van der Waals surface area contributed by atoms with Crippen LogP contribution in [0.1, 0.15) is 25.7 Å². The molecular weight excluding hydrogens is 264 g/mol. The zero-order chi connectivity index (χ0) is 14.7. The normalized spacial score (nSPS) is 23.0. The molecule has 1 aromatic rings. The highest BCUT2D eigenvalue weighted by Gasteiger charge is 2.44. The maximum atomic E-state index is 13.2. The molecule has 5 heteroatoms. The van der Waals surface area contributed by atoms with Gasteiger partial charge < -0.3 is 10.2 Å². The number of aromatic nitrogens is 2. The summed E-state index contributed by atoms with van der Waals surface area (Å²) in [4.78, 5) is 15.2. The van der Waals surface area contributed by atoms with Gasteiger partial charge in [-0.3, -0.25) is 9.48 Å². The van der Waals surface area contributed by atoms with Gasteiger partial charge in [0.15, 0.2) is 0 Å². The lowest BCUT2D eigenvalue weighted by Crippen LogP contribution is -2.57. The third-order valence-electron chi connectivity index (χ3n) is 4.93. The minimum Gasteiger partial charge on any atom is -0.341 e. The van der Waals surface area contributed by atoms with Gasteiger partial charge in [0.25, 0.3) is 5.91 Å². The molecule has 0 atom stereocenters. The van der Waals surface area contributed by atoms with Crippen molar-refractivity contribution in [3.05, 3.63) is 31.1 Å². The summed E-state index contributed by atoms with van der Waals surface area (Å²) >= 11 is 0. The molecule has 2 aliphatic rings. The van der Waals surface area contributed by atoms with Gasteiger partial charge in [-0.05, 0) is 50.8 Å². The van der Waals surface area contributed by atoms with E-state index in [1.165, 1.54) is 0 Å². The van der Waals surface area contributed by atoms with E-state index in [1.54, 1.807) is 6.20 Å². The van der Waals surface area contributed by atoms with E-state index in [4.69, 9.17) is 0 Å². The number of nitrogens with zero attached hydrogens (tertiary/aromatic N) is 3. The van der Waals surface area contributed by atoms with Gasteiger partial charge in [0.2, 0.25) is 0 Å². The highest BCUT2D eigenvalue weighted by molar-refractivity contribution is 5.84. The predicted molar refractivity (Wildman–Crippen MR) is 81.8 cm³/mol. The predicted octanol–water partition coefficient (Wildman–Crippen LogP) is 1.39. The summed E-state index contributed by atoms with van der Waals surface area (Å²) < 4.78 is 1.88. The molecular formula is C16H24N4O. The topological polar surface area (TPSA) is 50.2 Å². The average molecular weight is 288 g/mol. The second kappa shape index (κ2) is 6.02. The van der Waals surface area contributed by atoms with Crippen LogP contribution in [0.5, 0.6) is 0 Å². The zero-order valence-electron chi connectivity index (χ0n) is 12.5. The molecule has 1 N–H and O–H groups in total. The Morgan fingerprint density at radius 1 is 1.33 bits per heavy atom. The van der Waals surface area contributed by atoms with Crippen molar-refractivity contribution >= 4 is 5.91 Å². The van der Waals surface area contributed by atoms with E-state index in [2.05, 4.69) is 17.0 Å². The molecule has 2 aliphatic heterocycles. The number of likely N-dealkylation sites (tertiary alicyclic amines) is 1. The smallest absolute Gasteiger partial charge is 0.250 e. The number of allylic oxidation sites excluding steroid dienone is 1. The van der Waals surface area contributed by atoms with Crippen LogP contribution < -0.4 is 5.32 Å². The first-order chi connectivity index (χ1) is 10.3.